The summed E-state index contributed by atoms with van der Waals surface area (Å²) >= 11 is 6.86. The summed E-state index contributed by atoms with van der Waals surface area (Å²) in [6.45, 7) is 3.83. The van der Waals surface area contributed by atoms with Crippen LogP contribution in [0.5, 0.6) is 11.5 Å². The maximum atomic E-state index is 11.5. The molecule has 1 aliphatic carbocycles. The first-order valence-corrected chi connectivity index (χ1v) is 7.18. The lowest BCUT2D eigenvalue weighted by molar-refractivity contribution is -0.148. The van der Waals surface area contributed by atoms with E-state index in [1.807, 2.05) is 26.0 Å². The Labute approximate surface area is 123 Å². The van der Waals surface area contributed by atoms with Gasteiger partial charge in [0.05, 0.1) is 21.5 Å². The second-order valence-corrected chi connectivity index (χ2v) is 6.58. The van der Waals surface area contributed by atoms with E-state index >= 15 is 0 Å². The Morgan fingerprint density at radius 3 is 2.28 bits per heavy atom. The van der Waals surface area contributed by atoms with Crippen LogP contribution in [0.15, 0.2) is 21.1 Å². The first kappa shape index (κ1) is 13.9. The molecule has 1 saturated carbocycles. The van der Waals surface area contributed by atoms with E-state index in [9.17, 15) is 4.79 Å². The lowest BCUT2D eigenvalue weighted by Crippen LogP contribution is -2.53. The third-order valence-electron chi connectivity index (χ3n) is 3.37. The van der Waals surface area contributed by atoms with E-state index in [0.717, 1.165) is 14.7 Å². The summed E-state index contributed by atoms with van der Waals surface area (Å²) < 4.78 is 12.7. The van der Waals surface area contributed by atoms with E-state index in [1.165, 1.54) is 0 Å². The zero-order valence-corrected chi connectivity index (χ0v) is 13.6. The van der Waals surface area contributed by atoms with Crippen molar-refractivity contribution in [2.75, 3.05) is 7.11 Å². The van der Waals surface area contributed by atoms with Crippen molar-refractivity contribution in [2.45, 2.75) is 26.4 Å². The molecular formula is C13H14Br2O3. The first-order valence-electron chi connectivity index (χ1n) is 5.59. The molecule has 98 valence electrons. The topological polar surface area (TPSA) is 35.5 Å². The highest BCUT2D eigenvalue weighted by molar-refractivity contribution is 9.11. The van der Waals surface area contributed by atoms with Crippen LogP contribution in [0.25, 0.3) is 0 Å². The number of carbonyl (C=O) groups excluding carboxylic acids is 1. The summed E-state index contributed by atoms with van der Waals surface area (Å²) in [6.07, 6.45) is 0.407. The SMILES string of the molecule is COc1cc(Br)c(OC2CC(=O)C2(C)C)cc1Br. The molecular weight excluding hydrogens is 364 g/mol. The van der Waals surface area contributed by atoms with Gasteiger partial charge >= 0.3 is 0 Å². The zero-order chi connectivity index (χ0) is 13.5. The maximum absolute atomic E-state index is 11.5. The molecule has 0 spiro atoms. The molecule has 1 unspecified atom stereocenters. The zero-order valence-electron chi connectivity index (χ0n) is 10.4. The lowest BCUT2D eigenvalue weighted by atomic mass is 9.68. The Balaban J connectivity index is 2.21. The number of halogens is 2. The molecule has 0 radical (unpaired) electrons. The third-order valence-corrected chi connectivity index (χ3v) is 4.61. The molecule has 2 rings (SSSR count). The maximum Gasteiger partial charge on any atom is 0.145 e. The van der Waals surface area contributed by atoms with Crippen molar-refractivity contribution in [1.82, 2.24) is 0 Å². The standard InChI is InChI=1S/C13H14Br2O3/c1-13(2)11(16)6-12(13)18-10-5-7(14)9(17-3)4-8(10)15/h4-5,12H,6H2,1-3H3. The normalized spacial score (nSPS) is 21.4. The molecule has 0 N–H and O–H groups in total. The van der Waals surface area contributed by atoms with Crippen LogP contribution in [-0.2, 0) is 4.79 Å². The number of benzene rings is 1. The minimum absolute atomic E-state index is 0.0680. The van der Waals surface area contributed by atoms with Crippen LogP contribution in [0, 0.1) is 5.41 Å². The molecule has 5 heteroatoms. The fourth-order valence-electron chi connectivity index (χ4n) is 1.83. The summed E-state index contributed by atoms with van der Waals surface area (Å²) in [4.78, 5) is 11.5. The quantitative estimate of drug-likeness (QED) is 0.799. The van der Waals surface area contributed by atoms with Gasteiger partial charge in [0.1, 0.15) is 23.4 Å². The van der Waals surface area contributed by atoms with Crippen molar-refractivity contribution < 1.29 is 14.3 Å². The third kappa shape index (κ3) is 2.30. The van der Waals surface area contributed by atoms with Gasteiger partial charge in [-0.05, 0) is 57.8 Å². The molecule has 3 nitrogen and oxygen atoms in total. The van der Waals surface area contributed by atoms with Gasteiger partial charge in [0, 0.05) is 6.42 Å². The molecule has 0 aromatic heterocycles. The summed E-state index contributed by atoms with van der Waals surface area (Å²) in [5.74, 6) is 1.70. The second kappa shape index (κ2) is 4.85. The number of hydrogen-bond donors (Lipinski definition) is 0. The van der Waals surface area contributed by atoms with Crippen molar-refractivity contribution >= 4 is 37.6 Å². The van der Waals surface area contributed by atoms with Crippen LogP contribution < -0.4 is 9.47 Å². The van der Waals surface area contributed by atoms with Crippen molar-refractivity contribution in [3.63, 3.8) is 0 Å². The van der Waals surface area contributed by atoms with Gasteiger partial charge in [-0.1, -0.05) is 0 Å². The monoisotopic (exact) mass is 376 g/mol. The largest absolute Gasteiger partial charge is 0.496 e. The molecule has 0 heterocycles. The van der Waals surface area contributed by atoms with Gasteiger partial charge in [0.25, 0.3) is 0 Å². The number of hydrogen-bond acceptors (Lipinski definition) is 3. The predicted molar refractivity (Wildman–Crippen MR) is 76.2 cm³/mol. The molecule has 1 fully saturated rings. The molecule has 1 atom stereocenters. The molecule has 1 aromatic rings. The molecule has 18 heavy (non-hydrogen) atoms. The number of ether oxygens (including phenoxy) is 2. The van der Waals surface area contributed by atoms with E-state index in [0.29, 0.717) is 12.2 Å². The van der Waals surface area contributed by atoms with Gasteiger partial charge in [-0.15, -0.1) is 0 Å². The highest BCUT2D eigenvalue weighted by Crippen LogP contribution is 2.43. The van der Waals surface area contributed by atoms with Crippen LogP contribution in [0.4, 0.5) is 0 Å². The van der Waals surface area contributed by atoms with Crippen molar-refractivity contribution in [2.24, 2.45) is 5.41 Å². The van der Waals surface area contributed by atoms with Crippen molar-refractivity contribution in [1.29, 1.82) is 0 Å². The number of rotatable bonds is 3. The minimum Gasteiger partial charge on any atom is -0.496 e. The summed E-state index contributed by atoms with van der Waals surface area (Å²) in [7, 11) is 1.61. The molecule has 0 amide bonds. The molecule has 0 bridgehead atoms. The number of carbonyl (C=O) groups is 1. The Hall–Kier alpha value is -0.550. The minimum atomic E-state index is -0.397. The lowest BCUT2D eigenvalue weighted by Gasteiger charge is -2.42. The molecule has 1 aliphatic rings. The molecule has 1 aromatic carbocycles. The first-order chi connectivity index (χ1) is 8.36. The van der Waals surface area contributed by atoms with E-state index in [-0.39, 0.29) is 11.9 Å². The fraction of sp³-hybridized carbons (Fsp3) is 0.462. The van der Waals surface area contributed by atoms with Gasteiger partial charge in [-0.2, -0.15) is 0 Å². The average Bonchev–Trinajstić information content (AvgIpc) is 2.32. The number of ketones is 1. The highest BCUT2D eigenvalue weighted by Gasteiger charge is 2.49. The van der Waals surface area contributed by atoms with Gasteiger partial charge in [-0.3, -0.25) is 4.79 Å². The second-order valence-electron chi connectivity index (χ2n) is 4.87. The summed E-state index contributed by atoms with van der Waals surface area (Å²) in [5.41, 5.74) is -0.397. The van der Waals surface area contributed by atoms with E-state index in [1.54, 1.807) is 7.11 Å². The van der Waals surface area contributed by atoms with Crippen LogP contribution in [0.1, 0.15) is 20.3 Å². The Morgan fingerprint density at radius 1 is 1.22 bits per heavy atom. The summed E-state index contributed by atoms with van der Waals surface area (Å²) in [6, 6.07) is 3.69. The smallest absolute Gasteiger partial charge is 0.145 e. The fourth-order valence-corrected chi connectivity index (χ4v) is 2.73. The van der Waals surface area contributed by atoms with Crippen LogP contribution in [0.2, 0.25) is 0 Å². The van der Waals surface area contributed by atoms with Gasteiger partial charge in [-0.25, -0.2) is 0 Å². The Kier molecular flexibility index (Phi) is 3.74. The van der Waals surface area contributed by atoms with E-state index in [2.05, 4.69) is 31.9 Å². The van der Waals surface area contributed by atoms with Gasteiger partial charge < -0.3 is 9.47 Å². The molecule has 0 aliphatic heterocycles. The van der Waals surface area contributed by atoms with E-state index < -0.39 is 5.41 Å². The molecule has 0 saturated heterocycles. The van der Waals surface area contributed by atoms with Crippen molar-refractivity contribution in [3.8, 4) is 11.5 Å². The van der Waals surface area contributed by atoms with Gasteiger partial charge in [0.2, 0.25) is 0 Å². The Bertz CT molecular complexity index is 497. The average molecular weight is 378 g/mol. The van der Waals surface area contributed by atoms with Crippen LogP contribution in [0.3, 0.4) is 0 Å². The van der Waals surface area contributed by atoms with Gasteiger partial charge in [0.15, 0.2) is 0 Å². The van der Waals surface area contributed by atoms with Crippen molar-refractivity contribution in [3.05, 3.63) is 21.1 Å². The van der Waals surface area contributed by atoms with E-state index in [4.69, 9.17) is 9.47 Å². The Morgan fingerprint density at radius 2 is 1.78 bits per heavy atom. The predicted octanol–water partition coefficient (Wildman–Crippen LogP) is 3.97. The van der Waals surface area contributed by atoms with Crippen LogP contribution >= 0.6 is 31.9 Å². The summed E-state index contributed by atoms with van der Waals surface area (Å²) in [5, 5.41) is 0. The van der Waals surface area contributed by atoms with Crippen LogP contribution in [-0.4, -0.2) is 19.0 Å². The highest BCUT2D eigenvalue weighted by atomic mass is 79.9. The number of methoxy groups -OCH3 is 1. The number of Topliss-reactive ketones (excluding diaryl/α,β-unsaturated/α-hetero) is 1.